The van der Waals surface area contributed by atoms with Crippen LogP contribution in [-0.2, 0) is 4.79 Å². The van der Waals surface area contributed by atoms with Crippen molar-refractivity contribution in [2.45, 2.75) is 0 Å². The van der Waals surface area contributed by atoms with Crippen molar-refractivity contribution in [2.75, 3.05) is 0 Å². The Bertz CT molecular complexity index is 1270. The molecule has 2 aliphatic rings. The predicted octanol–water partition coefficient (Wildman–Crippen LogP) is 4.69. The zero-order valence-electron chi connectivity index (χ0n) is 15.2. The largest absolute Gasteiger partial charge is 0.312 e. The van der Waals surface area contributed by atoms with Crippen LogP contribution in [0.25, 0.3) is 22.3 Å². The van der Waals surface area contributed by atoms with Gasteiger partial charge in [-0.05, 0) is 41.8 Å². The molecule has 0 aliphatic carbocycles. The van der Waals surface area contributed by atoms with Crippen molar-refractivity contribution >= 4 is 23.2 Å². The summed E-state index contributed by atoms with van der Waals surface area (Å²) in [5.74, 6) is -0.275. The molecular formula is C23H14N4OS. The van der Waals surface area contributed by atoms with Gasteiger partial charge in [0, 0.05) is 18.0 Å². The Kier molecular flexibility index (Phi) is 4.08. The lowest BCUT2D eigenvalue weighted by molar-refractivity contribution is -0.112. The van der Waals surface area contributed by atoms with Gasteiger partial charge in [-0.2, -0.15) is 10.4 Å². The van der Waals surface area contributed by atoms with E-state index in [2.05, 4.69) is 0 Å². The van der Waals surface area contributed by atoms with E-state index in [1.165, 1.54) is 0 Å². The number of allylic oxidation sites excluding steroid dienone is 4. The van der Waals surface area contributed by atoms with E-state index in [1.807, 2.05) is 83.0 Å². The van der Waals surface area contributed by atoms with Gasteiger partial charge in [-0.3, -0.25) is 4.79 Å². The van der Waals surface area contributed by atoms with Crippen LogP contribution >= 0.6 is 11.3 Å². The number of carbonyl (C=O) groups excluding carboxylic acids is 1. The quantitative estimate of drug-likeness (QED) is 0.605. The van der Waals surface area contributed by atoms with Crippen LogP contribution in [0.2, 0.25) is 0 Å². The van der Waals surface area contributed by atoms with Crippen molar-refractivity contribution in [1.82, 2.24) is 14.7 Å². The molecule has 0 unspecified atom stereocenters. The highest BCUT2D eigenvalue weighted by molar-refractivity contribution is 7.13. The number of thiophene rings is 1. The number of hydrogen-bond donors (Lipinski definition) is 0. The molecule has 0 bridgehead atoms. The molecule has 2 aromatic heterocycles. The van der Waals surface area contributed by atoms with Crippen LogP contribution < -0.4 is 0 Å². The Hall–Kier alpha value is -3.95. The number of benzene rings is 1. The van der Waals surface area contributed by atoms with Gasteiger partial charge in [-0.15, -0.1) is 11.3 Å². The number of nitriles is 1. The molecular weight excluding hydrogens is 380 g/mol. The highest BCUT2D eigenvalue weighted by atomic mass is 32.1. The maximum Gasteiger partial charge on any atom is 0.222 e. The molecule has 2 aliphatic heterocycles. The molecule has 0 saturated heterocycles. The Morgan fingerprint density at radius 1 is 1.10 bits per heavy atom. The van der Waals surface area contributed by atoms with E-state index in [-0.39, 0.29) is 11.4 Å². The summed E-state index contributed by atoms with van der Waals surface area (Å²) in [7, 11) is 0. The smallest absolute Gasteiger partial charge is 0.222 e. The van der Waals surface area contributed by atoms with E-state index in [4.69, 9.17) is 5.10 Å². The van der Waals surface area contributed by atoms with E-state index in [1.54, 1.807) is 28.5 Å². The lowest BCUT2D eigenvalue weighted by atomic mass is 10.1. The molecule has 0 spiro atoms. The number of Topliss-reactive ketones (excluding diaryl/α,β-unsaturated/α-hetero) is 1. The maximum absolute atomic E-state index is 12.9. The third kappa shape index (κ3) is 2.85. The van der Waals surface area contributed by atoms with Gasteiger partial charge in [0.25, 0.3) is 0 Å². The second-order valence-corrected chi connectivity index (χ2v) is 7.44. The summed E-state index contributed by atoms with van der Waals surface area (Å²) < 4.78 is 1.81. The fourth-order valence-electron chi connectivity index (χ4n) is 3.41. The Morgan fingerprint density at radius 3 is 2.72 bits per heavy atom. The number of rotatable bonds is 3. The molecule has 4 heterocycles. The normalized spacial score (nSPS) is 16.6. The van der Waals surface area contributed by atoms with Crippen molar-refractivity contribution < 1.29 is 4.79 Å². The van der Waals surface area contributed by atoms with Gasteiger partial charge in [0.15, 0.2) is 0 Å². The van der Waals surface area contributed by atoms with Crippen molar-refractivity contribution in [1.29, 1.82) is 5.26 Å². The third-order valence-electron chi connectivity index (χ3n) is 4.76. The van der Waals surface area contributed by atoms with Crippen LogP contribution in [0.15, 0.2) is 95.4 Å². The van der Waals surface area contributed by atoms with Crippen LogP contribution in [0.3, 0.4) is 0 Å². The second-order valence-electron chi connectivity index (χ2n) is 6.49. The number of hydrogen-bond acceptors (Lipinski definition) is 5. The molecule has 0 radical (unpaired) electrons. The van der Waals surface area contributed by atoms with Gasteiger partial charge in [-0.1, -0.05) is 30.3 Å². The zero-order chi connectivity index (χ0) is 19.8. The molecule has 3 aromatic rings. The summed E-state index contributed by atoms with van der Waals surface area (Å²) in [6.45, 7) is 0. The van der Waals surface area contributed by atoms with Crippen LogP contribution in [-0.4, -0.2) is 20.5 Å². The molecule has 5 rings (SSSR count). The maximum atomic E-state index is 12.9. The molecule has 5 nitrogen and oxygen atoms in total. The minimum Gasteiger partial charge on any atom is -0.312 e. The van der Waals surface area contributed by atoms with Crippen molar-refractivity contribution in [2.24, 2.45) is 0 Å². The van der Waals surface area contributed by atoms with Crippen molar-refractivity contribution in [3.05, 3.63) is 101 Å². The van der Waals surface area contributed by atoms with Crippen molar-refractivity contribution in [3.8, 4) is 22.3 Å². The molecule has 0 atom stereocenters. The predicted molar refractivity (Wildman–Crippen MR) is 113 cm³/mol. The first-order valence-electron chi connectivity index (χ1n) is 9.00. The minimum absolute atomic E-state index is 0.157. The van der Waals surface area contributed by atoms with E-state index < -0.39 is 0 Å². The average molecular weight is 394 g/mol. The van der Waals surface area contributed by atoms with Crippen molar-refractivity contribution in [3.63, 3.8) is 0 Å². The van der Waals surface area contributed by atoms with Crippen LogP contribution in [0, 0.1) is 11.3 Å². The molecule has 29 heavy (non-hydrogen) atoms. The number of aromatic nitrogens is 2. The molecule has 0 fully saturated rings. The molecule has 0 amide bonds. The first-order chi connectivity index (χ1) is 14.3. The molecule has 0 N–H and O–H groups in total. The van der Waals surface area contributed by atoms with Gasteiger partial charge >= 0.3 is 0 Å². The molecule has 1 aromatic carbocycles. The topological polar surface area (TPSA) is 61.9 Å². The van der Waals surface area contributed by atoms with Gasteiger partial charge < -0.3 is 4.90 Å². The van der Waals surface area contributed by atoms with E-state index in [9.17, 15) is 10.1 Å². The van der Waals surface area contributed by atoms with E-state index in [0.29, 0.717) is 11.4 Å². The Labute approximate surface area is 171 Å². The first kappa shape index (κ1) is 17.2. The summed E-state index contributed by atoms with van der Waals surface area (Å²) in [6, 6.07) is 15.9. The molecule has 0 saturated carbocycles. The third-order valence-corrected chi connectivity index (χ3v) is 5.63. The Balaban J connectivity index is 1.66. The number of ketones is 1. The summed E-state index contributed by atoms with van der Waals surface area (Å²) >= 11 is 1.59. The minimum atomic E-state index is -0.275. The van der Waals surface area contributed by atoms with Gasteiger partial charge in [0.05, 0.1) is 22.0 Å². The summed E-state index contributed by atoms with van der Waals surface area (Å²) in [5.41, 5.74) is 3.77. The zero-order valence-corrected chi connectivity index (χ0v) is 16.0. The van der Waals surface area contributed by atoms with Crippen LogP contribution in [0.1, 0.15) is 5.56 Å². The summed E-state index contributed by atoms with van der Waals surface area (Å²) in [5, 5.41) is 16.2. The lowest BCUT2D eigenvalue weighted by Gasteiger charge is -2.18. The number of para-hydroxylation sites is 1. The highest BCUT2D eigenvalue weighted by Gasteiger charge is 2.34. The van der Waals surface area contributed by atoms with E-state index in [0.717, 1.165) is 21.8 Å². The van der Waals surface area contributed by atoms with Gasteiger partial charge in [-0.25, -0.2) is 4.68 Å². The standard InChI is InChI=1S/C23H14N4OS/c24-14-18-19-9-4-5-11-26(19)20(23(18)28)13-16-15-27(17-7-2-1-3-8-17)25-22(16)21-10-6-12-29-21/h1-13,15H. The monoisotopic (exact) mass is 394 g/mol. The van der Waals surface area contributed by atoms with Crippen LogP contribution in [0.4, 0.5) is 0 Å². The molecule has 138 valence electrons. The average Bonchev–Trinajstić information content (AvgIpc) is 3.48. The number of carbonyl (C=O) groups is 1. The fraction of sp³-hybridized carbons (Fsp3) is 0. The first-order valence-corrected chi connectivity index (χ1v) is 9.88. The summed E-state index contributed by atoms with van der Waals surface area (Å²) in [4.78, 5) is 15.7. The Morgan fingerprint density at radius 2 is 1.97 bits per heavy atom. The van der Waals surface area contributed by atoms with Crippen LogP contribution in [0.5, 0.6) is 0 Å². The number of nitrogens with zero attached hydrogens (tertiary/aromatic N) is 4. The SMILES string of the molecule is N#CC1=C2C=CC=CN2C(=Cc2cn(-c3ccccc3)nc2-c2cccs2)C1=O. The fourth-order valence-corrected chi connectivity index (χ4v) is 4.14. The lowest BCUT2D eigenvalue weighted by Crippen LogP contribution is -2.13. The summed E-state index contributed by atoms with van der Waals surface area (Å²) in [6.07, 6.45) is 11.0. The van der Waals surface area contributed by atoms with E-state index >= 15 is 0 Å². The van der Waals surface area contributed by atoms with Gasteiger partial charge in [0.2, 0.25) is 5.78 Å². The second kappa shape index (κ2) is 6.89. The number of fused-ring (bicyclic) bond motifs is 1. The van der Waals surface area contributed by atoms with Gasteiger partial charge in [0.1, 0.15) is 17.3 Å². The molecule has 6 heteroatoms. The highest BCUT2D eigenvalue weighted by Crippen LogP contribution is 2.35.